The number of nitrogens with one attached hydrogen (secondary N) is 1. The molecule has 2 aromatic heterocycles. The quantitative estimate of drug-likeness (QED) is 0.711. The summed E-state index contributed by atoms with van der Waals surface area (Å²) < 4.78 is 0. The number of hydrogen-bond donors (Lipinski definition) is 1. The molecule has 6 heteroatoms. The number of pyridine rings is 1. The highest BCUT2D eigenvalue weighted by Crippen LogP contribution is 2.16. The van der Waals surface area contributed by atoms with Crippen LogP contribution in [0.3, 0.4) is 0 Å². The van der Waals surface area contributed by atoms with Gasteiger partial charge in [-0.2, -0.15) is 15.0 Å². The molecular formula is C17H19N5O. The number of nitrogens with zero attached hydrogens (tertiary/aromatic N) is 4. The average molecular weight is 309 g/mol. The summed E-state index contributed by atoms with van der Waals surface area (Å²) in [5, 5.41) is 11.4. The lowest BCUT2D eigenvalue weighted by atomic mass is 10.1. The van der Waals surface area contributed by atoms with Crippen LogP contribution < -0.4 is 5.32 Å². The maximum atomic E-state index is 12.0. The molecule has 0 radical (unpaired) electrons. The van der Waals surface area contributed by atoms with Gasteiger partial charge in [0.25, 0.3) is 0 Å². The van der Waals surface area contributed by atoms with Gasteiger partial charge >= 0.3 is 0 Å². The van der Waals surface area contributed by atoms with E-state index in [0.29, 0.717) is 6.42 Å². The highest BCUT2D eigenvalue weighted by molar-refractivity contribution is 5.92. The van der Waals surface area contributed by atoms with Crippen molar-refractivity contribution in [2.24, 2.45) is 7.05 Å². The summed E-state index contributed by atoms with van der Waals surface area (Å²) >= 11 is 0. The number of rotatable bonds is 6. The van der Waals surface area contributed by atoms with Crippen LogP contribution in [0.1, 0.15) is 24.8 Å². The van der Waals surface area contributed by atoms with Crippen molar-refractivity contribution in [1.29, 1.82) is 0 Å². The number of aryl methyl sites for hydroxylation is 2. The van der Waals surface area contributed by atoms with E-state index in [1.54, 1.807) is 13.2 Å². The molecule has 0 atom stereocenters. The molecule has 1 N–H and O–H groups in total. The molecule has 3 aromatic rings. The Morgan fingerprint density at radius 1 is 1.17 bits per heavy atom. The van der Waals surface area contributed by atoms with Crippen molar-refractivity contribution >= 4 is 22.6 Å². The van der Waals surface area contributed by atoms with E-state index in [1.165, 1.54) is 10.4 Å². The number of benzene rings is 1. The summed E-state index contributed by atoms with van der Waals surface area (Å²) in [4.78, 5) is 17.6. The molecule has 0 bridgehead atoms. The molecule has 0 saturated heterocycles. The number of hydrogen-bond acceptors (Lipinski definition) is 4. The molecule has 23 heavy (non-hydrogen) atoms. The summed E-state index contributed by atoms with van der Waals surface area (Å²) in [6.45, 7) is 0. The van der Waals surface area contributed by atoms with Gasteiger partial charge in [-0.3, -0.25) is 9.78 Å². The highest BCUT2D eigenvalue weighted by atomic mass is 16.1. The Morgan fingerprint density at radius 2 is 2.04 bits per heavy atom. The van der Waals surface area contributed by atoms with Gasteiger partial charge in [0.1, 0.15) is 11.0 Å². The first-order valence-corrected chi connectivity index (χ1v) is 7.70. The Hall–Kier alpha value is -2.76. The first-order chi connectivity index (χ1) is 11.2. The van der Waals surface area contributed by atoms with Gasteiger partial charge in [0, 0.05) is 31.5 Å². The molecule has 1 amide bonds. The molecule has 0 spiro atoms. The molecule has 6 nitrogen and oxygen atoms in total. The van der Waals surface area contributed by atoms with Gasteiger partial charge in [-0.1, -0.05) is 6.07 Å². The number of carbonyl (C=O) groups is 1. The molecule has 0 saturated carbocycles. The lowest BCUT2D eigenvalue weighted by Crippen LogP contribution is -2.11. The van der Waals surface area contributed by atoms with Crippen LogP contribution in [-0.2, 0) is 18.3 Å². The zero-order chi connectivity index (χ0) is 16.1. The second-order valence-electron chi connectivity index (χ2n) is 5.51. The molecule has 0 fully saturated rings. The van der Waals surface area contributed by atoms with Crippen molar-refractivity contribution in [3.05, 3.63) is 48.3 Å². The van der Waals surface area contributed by atoms with E-state index in [9.17, 15) is 4.79 Å². The second kappa shape index (κ2) is 7.00. The summed E-state index contributed by atoms with van der Waals surface area (Å²) in [6.07, 6.45) is 6.93. The Morgan fingerprint density at radius 3 is 2.87 bits per heavy atom. The number of fused-ring (bicyclic) bond motifs is 1. The largest absolute Gasteiger partial charge is 0.326 e. The van der Waals surface area contributed by atoms with Crippen LogP contribution in [0, 0.1) is 0 Å². The van der Waals surface area contributed by atoms with Crippen LogP contribution in [0.15, 0.2) is 42.7 Å². The van der Waals surface area contributed by atoms with E-state index in [2.05, 4.69) is 26.6 Å². The lowest BCUT2D eigenvalue weighted by Gasteiger charge is -2.05. The third-order valence-corrected chi connectivity index (χ3v) is 3.61. The average Bonchev–Trinajstić information content (AvgIpc) is 2.92. The number of aromatic nitrogens is 4. The zero-order valence-electron chi connectivity index (χ0n) is 13.1. The van der Waals surface area contributed by atoms with Crippen molar-refractivity contribution in [1.82, 2.24) is 20.0 Å². The van der Waals surface area contributed by atoms with Gasteiger partial charge in [0.05, 0.1) is 0 Å². The third kappa shape index (κ3) is 4.12. The number of unbranched alkanes of at least 4 members (excludes halogenated alkanes) is 1. The topological polar surface area (TPSA) is 72.7 Å². The fourth-order valence-corrected chi connectivity index (χ4v) is 2.48. The van der Waals surface area contributed by atoms with E-state index in [0.717, 1.165) is 36.0 Å². The minimum atomic E-state index is 0.0272. The van der Waals surface area contributed by atoms with Crippen molar-refractivity contribution in [3.8, 4) is 0 Å². The SMILES string of the molecule is Cn1nc2ccc(NC(=O)CCCCc3cccnc3)cc2n1. The molecule has 118 valence electrons. The molecular weight excluding hydrogens is 290 g/mol. The molecule has 1 aromatic carbocycles. The minimum Gasteiger partial charge on any atom is -0.326 e. The van der Waals surface area contributed by atoms with E-state index in [4.69, 9.17) is 0 Å². The number of amides is 1. The van der Waals surface area contributed by atoms with Crippen molar-refractivity contribution in [2.45, 2.75) is 25.7 Å². The Bertz CT molecular complexity index is 797. The van der Waals surface area contributed by atoms with Crippen LogP contribution in [0.2, 0.25) is 0 Å². The van der Waals surface area contributed by atoms with Crippen LogP contribution in [0.5, 0.6) is 0 Å². The fourth-order valence-electron chi connectivity index (χ4n) is 2.48. The molecule has 3 rings (SSSR count). The third-order valence-electron chi connectivity index (χ3n) is 3.61. The van der Waals surface area contributed by atoms with Crippen LogP contribution in [-0.4, -0.2) is 25.9 Å². The first kappa shape index (κ1) is 15.1. The molecule has 0 unspecified atom stereocenters. The van der Waals surface area contributed by atoms with Crippen molar-refractivity contribution < 1.29 is 4.79 Å². The van der Waals surface area contributed by atoms with Gasteiger partial charge in [-0.15, -0.1) is 0 Å². The number of carbonyl (C=O) groups excluding carboxylic acids is 1. The maximum Gasteiger partial charge on any atom is 0.224 e. The Kier molecular flexibility index (Phi) is 4.61. The van der Waals surface area contributed by atoms with Crippen molar-refractivity contribution in [3.63, 3.8) is 0 Å². The van der Waals surface area contributed by atoms with E-state index < -0.39 is 0 Å². The van der Waals surface area contributed by atoms with Crippen LogP contribution in [0.4, 0.5) is 5.69 Å². The standard InChI is InChI=1S/C17H19N5O/c1-22-20-15-9-8-14(11-16(15)21-22)19-17(23)7-3-2-5-13-6-4-10-18-12-13/h4,6,8-12H,2-3,5,7H2,1H3,(H,19,23). The van der Waals surface area contributed by atoms with E-state index in [1.807, 2.05) is 30.5 Å². The van der Waals surface area contributed by atoms with Crippen LogP contribution in [0.25, 0.3) is 11.0 Å². The van der Waals surface area contributed by atoms with Gasteiger partial charge in [-0.25, -0.2) is 0 Å². The zero-order valence-corrected chi connectivity index (χ0v) is 13.1. The van der Waals surface area contributed by atoms with Crippen molar-refractivity contribution in [2.75, 3.05) is 5.32 Å². The monoisotopic (exact) mass is 309 g/mol. The highest BCUT2D eigenvalue weighted by Gasteiger charge is 2.05. The Labute approximate surface area is 134 Å². The molecule has 2 heterocycles. The minimum absolute atomic E-state index is 0.0272. The first-order valence-electron chi connectivity index (χ1n) is 7.70. The molecule has 0 aliphatic heterocycles. The summed E-state index contributed by atoms with van der Waals surface area (Å²) in [6, 6.07) is 9.55. The van der Waals surface area contributed by atoms with Gasteiger partial charge in [0.2, 0.25) is 5.91 Å². The normalized spacial score (nSPS) is 10.8. The lowest BCUT2D eigenvalue weighted by molar-refractivity contribution is -0.116. The summed E-state index contributed by atoms with van der Waals surface area (Å²) in [5.41, 5.74) is 3.57. The summed E-state index contributed by atoms with van der Waals surface area (Å²) in [5.74, 6) is 0.0272. The van der Waals surface area contributed by atoms with E-state index in [-0.39, 0.29) is 5.91 Å². The molecule has 0 aliphatic carbocycles. The van der Waals surface area contributed by atoms with E-state index >= 15 is 0 Å². The smallest absolute Gasteiger partial charge is 0.224 e. The summed E-state index contributed by atoms with van der Waals surface area (Å²) in [7, 11) is 1.78. The fraction of sp³-hybridized carbons (Fsp3) is 0.294. The van der Waals surface area contributed by atoms with Gasteiger partial charge in [0.15, 0.2) is 0 Å². The number of anilines is 1. The second-order valence-corrected chi connectivity index (χ2v) is 5.51. The maximum absolute atomic E-state index is 12.0. The predicted molar refractivity (Wildman–Crippen MR) is 88.9 cm³/mol. The predicted octanol–water partition coefficient (Wildman–Crippen LogP) is 2.71. The van der Waals surface area contributed by atoms with Gasteiger partial charge in [-0.05, 0) is 49.1 Å². The Balaban J connectivity index is 1.46. The van der Waals surface area contributed by atoms with Gasteiger partial charge < -0.3 is 5.32 Å². The molecule has 0 aliphatic rings. The van der Waals surface area contributed by atoms with Crippen LogP contribution >= 0.6 is 0 Å².